The number of benzene rings is 2. The Bertz CT molecular complexity index is 992. The minimum atomic E-state index is -0.602. The van der Waals surface area contributed by atoms with Gasteiger partial charge in [0.25, 0.3) is 11.6 Å². The lowest BCUT2D eigenvalue weighted by Gasteiger charge is -2.04. The summed E-state index contributed by atoms with van der Waals surface area (Å²) in [5, 5.41) is 14.3. The molecular formula is C18H14ClN3O4S. The first-order chi connectivity index (χ1) is 12.9. The van der Waals surface area contributed by atoms with E-state index in [9.17, 15) is 14.9 Å². The third kappa shape index (κ3) is 4.60. The molecule has 0 radical (unpaired) electrons. The molecule has 0 aliphatic heterocycles. The summed E-state index contributed by atoms with van der Waals surface area (Å²) in [6.45, 7) is 1.97. The van der Waals surface area contributed by atoms with Gasteiger partial charge in [-0.15, -0.1) is 11.3 Å². The Kier molecular flexibility index (Phi) is 5.68. The van der Waals surface area contributed by atoms with Gasteiger partial charge in [-0.25, -0.2) is 4.98 Å². The zero-order valence-electron chi connectivity index (χ0n) is 14.1. The number of hydrogen-bond acceptors (Lipinski definition) is 6. The van der Waals surface area contributed by atoms with Gasteiger partial charge in [-0.3, -0.25) is 14.9 Å². The van der Waals surface area contributed by atoms with Gasteiger partial charge in [0.2, 0.25) is 0 Å². The number of ether oxygens (including phenoxy) is 1. The van der Waals surface area contributed by atoms with E-state index in [1.807, 2.05) is 30.3 Å². The van der Waals surface area contributed by atoms with Crippen LogP contribution >= 0.6 is 22.9 Å². The summed E-state index contributed by atoms with van der Waals surface area (Å²) >= 11 is 6.99. The summed E-state index contributed by atoms with van der Waals surface area (Å²) in [6, 6.07) is 13.4. The fraction of sp³-hybridized carbons (Fsp3) is 0.111. The van der Waals surface area contributed by atoms with Gasteiger partial charge in [0.05, 0.1) is 10.6 Å². The van der Waals surface area contributed by atoms with Gasteiger partial charge in [-0.2, -0.15) is 0 Å². The number of hydrogen-bond donors (Lipinski definition) is 1. The van der Waals surface area contributed by atoms with Crippen molar-refractivity contribution in [2.24, 2.45) is 0 Å². The van der Waals surface area contributed by atoms with Crippen LogP contribution in [0.15, 0.2) is 48.5 Å². The summed E-state index contributed by atoms with van der Waals surface area (Å²) in [5.74, 6) is 0.317. The van der Waals surface area contributed by atoms with E-state index in [-0.39, 0.29) is 23.0 Å². The van der Waals surface area contributed by atoms with Gasteiger partial charge in [-0.1, -0.05) is 29.8 Å². The van der Waals surface area contributed by atoms with Crippen molar-refractivity contribution < 1.29 is 14.5 Å². The number of amides is 1. The zero-order valence-corrected chi connectivity index (χ0v) is 15.7. The van der Waals surface area contributed by atoms with E-state index in [4.69, 9.17) is 16.3 Å². The SMILES string of the molecule is Cc1nc(COc2ccccc2)sc1C(=O)Nc1ccc(Cl)c([N+](=O)[O-])c1. The molecule has 9 heteroatoms. The van der Waals surface area contributed by atoms with E-state index in [2.05, 4.69) is 10.3 Å². The normalized spacial score (nSPS) is 10.4. The van der Waals surface area contributed by atoms with E-state index in [0.29, 0.717) is 21.3 Å². The van der Waals surface area contributed by atoms with Crippen LogP contribution in [0, 0.1) is 17.0 Å². The molecule has 0 fully saturated rings. The van der Waals surface area contributed by atoms with Crippen LogP contribution < -0.4 is 10.1 Å². The minimum absolute atomic E-state index is 0.00677. The van der Waals surface area contributed by atoms with Crippen LogP contribution in [0.3, 0.4) is 0 Å². The average Bonchev–Trinajstić information content (AvgIpc) is 3.03. The highest BCUT2D eigenvalue weighted by atomic mass is 35.5. The largest absolute Gasteiger partial charge is 0.486 e. The van der Waals surface area contributed by atoms with Crippen molar-refractivity contribution in [1.29, 1.82) is 0 Å². The summed E-state index contributed by atoms with van der Waals surface area (Å²) < 4.78 is 5.64. The topological polar surface area (TPSA) is 94.4 Å². The van der Waals surface area contributed by atoms with Crippen LogP contribution in [0.25, 0.3) is 0 Å². The Morgan fingerprint density at radius 2 is 2.04 bits per heavy atom. The van der Waals surface area contributed by atoms with Crippen LogP contribution in [0.1, 0.15) is 20.4 Å². The zero-order chi connectivity index (χ0) is 19.4. The maximum atomic E-state index is 12.5. The Morgan fingerprint density at radius 3 is 2.74 bits per heavy atom. The van der Waals surface area contributed by atoms with Crippen molar-refractivity contribution in [3.63, 3.8) is 0 Å². The van der Waals surface area contributed by atoms with Crippen molar-refractivity contribution in [2.75, 3.05) is 5.32 Å². The van der Waals surface area contributed by atoms with Crippen LogP contribution in [0.2, 0.25) is 5.02 Å². The summed E-state index contributed by atoms with van der Waals surface area (Å²) in [6.07, 6.45) is 0. The number of aromatic nitrogens is 1. The molecule has 0 aliphatic rings. The Hall–Kier alpha value is -2.97. The fourth-order valence-corrected chi connectivity index (χ4v) is 3.36. The van der Waals surface area contributed by atoms with Crippen molar-refractivity contribution >= 4 is 40.2 Å². The molecule has 1 heterocycles. The number of halogens is 1. The van der Waals surface area contributed by atoms with Crippen molar-refractivity contribution in [2.45, 2.75) is 13.5 Å². The molecule has 3 rings (SSSR count). The maximum absolute atomic E-state index is 12.5. The predicted octanol–water partition coefficient (Wildman–Crippen LogP) is 4.84. The molecule has 27 heavy (non-hydrogen) atoms. The number of nitro benzene ring substituents is 1. The van der Waals surface area contributed by atoms with Gasteiger partial charge >= 0.3 is 0 Å². The van der Waals surface area contributed by atoms with E-state index < -0.39 is 10.8 Å². The molecule has 1 amide bonds. The van der Waals surface area contributed by atoms with Gasteiger partial charge in [-0.05, 0) is 31.2 Å². The molecule has 2 aromatic carbocycles. The maximum Gasteiger partial charge on any atom is 0.289 e. The monoisotopic (exact) mass is 403 g/mol. The van der Waals surface area contributed by atoms with E-state index in [0.717, 1.165) is 0 Å². The highest BCUT2D eigenvalue weighted by Gasteiger charge is 2.18. The molecule has 0 aliphatic carbocycles. The number of anilines is 1. The van der Waals surface area contributed by atoms with Gasteiger partial charge < -0.3 is 10.1 Å². The number of thiazole rings is 1. The number of carbonyl (C=O) groups excluding carboxylic acids is 1. The molecule has 7 nitrogen and oxygen atoms in total. The van der Waals surface area contributed by atoms with Crippen LogP contribution in [-0.4, -0.2) is 15.8 Å². The second-order valence-electron chi connectivity index (χ2n) is 5.50. The van der Waals surface area contributed by atoms with Crippen LogP contribution in [0.5, 0.6) is 5.75 Å². The van der Waals surface area contributed by atoms with Gasteiger partial charge in [0, 0.05) is 11.8 Å². The summed E-state index contributed by atoms with van der Waals surface area (Å²) in [5.41, 5.74) is 0.575. The molecule has 0 unspecified atom stereocenters. The third-order valence-corrected chi connectivity index (χ3v) is 5.00. The average molecular weight is 404 g/mol. The predicted molar refractivity (Wildman–Crippen MR) is 104 cm³/mol. The fourth-order valence-electron chi connectivity index (χ4n) is 2.30. The first kappa shape index (κ1) is 18.8. The number of para-hydroxylation sites is 1. The van der Waals surface area contributed by atoms with E-state index in [1.54, 1.807) is 6.92 Å². The second-order valence-corrected chi connectivity index (χ2v) is 6.99. The number of nitro groups is 1. The molecule has 0 spiro atoms. The van der Waals surface area contributed by atoms with E-state index in [1.165, 1.54) is 29.5 Å². The lowest BCUT2D eigenvalue weighted by molar-refractivity contribution is -0.384. The van der Waals surface area contributed by atoms with Crippen LogP contribution in [-0.2, 0) is 6.61 Å². The molecular weight excluding hydrogens is 390 g/mol. The molecule has 1 N–H and O–H groups in total. The lowest BCUT2D eigenvalue weighted by atomic mass is 10.2. The molecule has 0 atom stereocenters. The quantitative estimate of drug-likeness (QED) is 0.469. The first-order valence-electron chi connectivity index (χ1n) is 7.83. The van der Waals surface area contributed by atoms with Crippen molar-refractivity contribution in [1.82, 2.24) is 4.98 Å². The molecule has 138 valence electrons. The number of nitrogens with zero attached hydrogens (tertiary/aromatic N) is 2. The summed E-state index contributed by atoms with van der Waals surface area (Å²) in [7, 11) is 0. The highest BCUT2D eigenvalue weighted by Crippen LogP contribution is 2.28. The number of aryl methyl sites for hydroxylation is 1. The minimum Gasteiger partial charge on any atom is -0.486 e. The van der Waals surface area contributed by atoms with Crippen LogP contribution in [0.4, 0.5) is 11.4 Å². The van der Waals surface area contributed by atoms with Crippen molar-refractivity contribution in [3.05, 3.63) is 79.2 Å². The second kappa shape index (κ2) is 8.15. The van der Waals surface area contributed by atoms with Gasteiger partial charge in [0.15, 0.2) is 0 Å². The van der Waals surface area contributed by atoms with E-state index >= 15 is 0 Å². The standard InChI is InChI=1S/C18H14ClN3O4S/c1-11-17(27-16(20-11)10-26-13-5-3-2-4-6-13)18(23)21-12-7-8-14(19)15(9-12)22(24)25/h2-9H,10H2,1H3,(H,21,23). The molecule has 0 bridgehead atoms. The third-order valence-electron chi connectivity index (χ3n) is 3.55. The summed E-state index contributed by atoms with van der Waals surface area (Å²) in [4.78, 5) is 27.6. The smallest absolute Gasteiger partial charge is 0.289 e. The van der Waals surface area contributed by atoms with Crippen molar-refractivity contribution in [3.8, 4) is 5.75 Å². The number of rotatable bonds is 6. The Balaban J connectivity index is 1.71. The molecule has 0 saturated heterocycles. The molecule has 1 aromatic heterocycles. The lowest BCUT2D eigenvalue weighted by Crippen LogP contribution is -2.11. The molecule has 0 saturated carbocycles. The molecule has 3 aromatic rings. The Morgan fingerprint density at radius 1 is 1.30 bits per heavy atom. The van der Waals surface area contributed by atoms with Gasteiger partial charge in [0.1, 0.15) is 27.3 Å². The Labute approximate surface area is 163 Å². The highest BCUT2D eigenvalue weighted by molar-refractivity contribution is 7.13. The number of carbonyl (C=O) groups is 1. The number of nitrogens with one attached hydrogen (secondary N) is 1. The first-order valence-corrected chi connectivity index (χ1v) is 9.03.